The lowest BCUT2D eigenvalue weighted by molar-refractivity contribution is -0.133. The summed E-state index contributed by atoms with van der Waals surface area (Å²) in [6, 6.07) is 14.4. The molecule has 33 heavy (non-hydrogen) atoms. The van der Waals surface area contributed by atoms with Crippen molar-refractivity contribution < 1.29 is 17.9 Å². The number of carbonyl (C=O) groups excluding carboxylic acids is 1. The second-order valence-corrected chi connectivity index (χ2v) is 10.1. The maximum atomic E-state index is 13.1. The number of halogens is 1. The Morgan fingerprint density at radius 3 is 2.42 bits per heavy atom. The van der Waals surface area contributed by atoms with Crippen LogP contribution in [0.25, 0.3) is 6.08 Å². The van der Waals surface area contributed by atoms with Crippen LogP contribution < -0.4 is 4.74 Å². The quantitative estimate of drug-likeness (QED) is 0.538. The number of amides is 1. The Morgan fingerprint density at radius 1 is 1.12 bits per heavy atom. The predicted octanol–water partition coefficient (Wildman–Crippen LogP) is 3.22. The lowest BCUT2D eigenvalue weighted by Gasteiger charge is -2.35. The zero-order valence-corrected chi connectivity index (χ0v) is 20.6. The molecule has 0 spiro atoms. The standard InChI is InChI=1S/C24H30ClN3O4S/c1-3-28(33(30,31)21-11-12-23(32-2)22(25)18-21)19-24(29)27-16-14-26(15-17-27)13-7-10-20-8-5-4-6-9-20/h4-12,18H,3,13-17,19H2,1-2H3/b10-7+. The lowest BCUT2D eigenvalue weighted by atomic mass is 10.2. The van der Waals surface area contributed by atoms with Gasteiger partial charge in [-0.2, -0.15) is 4.31 Å². The fourth-order valence-corrected chi connectivity index (χ4v) is 5.40. The van der Waals surface area contributed by atoms with Crippen molar-refractivity contribution >= 4 is 33.6 Å². The highest BCUT2D eigenvalue weighted by atomic mass is 35.5. The maximum absolute atomic E-state index is 13.1. The Labute approximate surface area is 201 Å². The topological polar surface area (TPSA) is 70.2 Å². The zero-order chi connectivity index (χ0) is 23.8. The summed E-state index contributed by atoms with van der Waals surface area (Å²) in [6.45, 7) is 5.15. The molecule has 9 heteroatoms. The molecular formula is C24H30ClN3O4S. The molecule has 0 aromatic heterocycles. The number of hydrogen-bond acceptors (Lipinski definition) is 5. The van der Waals surface area contributed by atoms with Gasteiger partial charge in [0.25, 0.3) is 0 Å². The molecule has 1 fully saturated rings. The van der Waals surface area contributed by atoms with Gasteiger partial charge in [0.1, 0.15) is 5.75 Å². The van der Waals surface area contributed by atoms with E-state index in [1.54, 1.807) is 11.8 Å². The summed E-state index contributed by atoms with van der Waals surface area (Å²) < 4.78 is 32.4. The summed E-state index contributed by atoms with van der Waals surface area (Å²) in [5.74, 6) is 0.200. The van der Waals surface area contributed by atoms with E-state index in [9.17, 15) is 13.2 Å². The van der Waals surface area contributed by atoms with Crippen LogP contribution in [-0.2, 0) is 14.8 Å². The SMILES string of the molecule is CCN(CC(=O)N1CCN(C/C=C/c2ccccc2)CC1)S(=O)(=O)c1ccc(OC)c(Cl)c1. The van der Waals surface area contributed by atoms with Gasteiger partial charge in [-0.05, 0) is 23.8 Å². The van der Waals surface area contributed by atoms with Crippen molar-refractivity contribution in [2.75, 3.05) is 52.9 Å². The van der Waals surface area contributed by atoms with Crippen molar-refractivity contribution in [2.45, 2.75) is 11.8 Å². The van der Waals surface area contributed by atoms with Crippen LogP contribution in [0.5, 0.6) is 5.75 Å². The second kappa shape index (κ2) is 11.7. The third kappa shape index (κ3) is 6.57. The van der Waals surface area contributed by atoms with Crippen LogP contribution in [0.4, 0.5) is 0 Å². The van der Waals surface area contributed by atoms with Crippen molar-refractivity contribution in [3.05, 3.63) is 65.2 Å². The number of rotatable bonds is 9. The maximum Gasteiger partial charge on any atom is 0.243 e. The summed E-state index contributed by atoms with van der Waals surface area (Å²) in [5.41, 5.74) is 1.16. The number of ether oxygens (including phenoxy) is 1. The molecule has 0 N–H and O–H groups in total. The van der Waals surface area contributed by atoms with Gasteiger partial charge < -0.3 is 9.64 Å². The largest absolute Gasteiger partial charge is 0.495 e. The minimum absolute atomic E-state index is 0.0398. The van der Waals surface area contributed by atoms with Gasteiger partial charge in [-0.1, -0.05) is 61.0 Å². The monoisotopic (exact) mass is 491 g/mol. The Bertz CT molecular complexity index is 1070. The number of likely N-dealkylation sites (N-methyl/N-ethyl adjacent to an activating group) is 1. The second-order valence-electron chi connectivity index (χ2n) is 7.72. The first kappa shape index (κ1) is 25.2. The van der Waals surface area contributed by atoms with E-state index in [4.69, 9.17) is 16.3 Å². The van der Waals surface area contributed by atoms with Gasteiger partial charge in [0, 0.05) is 39.3 Å². The summed E-state index contributed by atoms with van der Waals surface area (Å²) in [6.07, 6.45) is 4.21. The zero-order valence-electron chi connectivity index (χ0n) is 19.0. The van der Waals surface area contributed by atoms with Crippen LogP contribution in [-0.4, -0.2) is 81.4 Å². The van der Waals surface area contributed by atoms with Crippen molar-refractivity contribution in [3.63, 3.8) is 0 Å². The molecule has 0 bridgehead atoms. The van der Waals surface area contributed by atoms with Crippen LogP contribution in [0.3, 0.4) is 0 Å². The van der Waals surface area contributed by atoms with Crippen LogP contribution in [0.1, 0.15) is 12.5 Å². The highest BCUT2D eigenvalue weighted by molar-refractivity contribution is 7.89. The first-order chi connectivity index (χ1) is 15.8. The molecule has 1 amide bonds. The Kier molecular flexibility index (Phi) is 8.91. The molecule has 178 valence electrons. The first-order valence-corrected chi connectivity index (χ1v) is 12.7. The number of methoxy groups -OCH3 is 1. The number of benzene rings is 2. The molecule has 1 heterocycles. The molecule has 2 aromatic carbocycles. The first-order valence-electron chi connectivity index (χ1n) is 10.9. The van der Waals surface area contributed by atoms with E-state index < -0.39 is 10.0 Å². The van der Waals surface area contributed by atoms with Crippen molar-refractivity contribution in [1.82, 2.24) is 14.1 Å². The molecule has 0 aliphatic carbocycles. The minimum Gasteiger partial charge on any atom is -0.495 e. The van der Waals surface area contributed by atoms with E-state index in [1.807, 2.05) is 18.2 Å². The average molecular weight is 492 g/mol. The van der Waals surface area contributed by atoms with E-state index >= 15 is 0 Å². The highest BCUT2D eigenvalue weighted by Gasteiger charge is 2.29. The molecule has 0 radical (unpaired) electrons. The Morgan fingerprint density at radius 2 is 1.82 bits per heavy atom. The summed E-state index contributed by atoms with van der Waals surface area (Å²) >= 11 is 6.10. The molecule has 1 saturated heterocycles. The fraction of sp³-hybridized carbons (Fsp3) is 0.375. The number of hydrogen-bond donors (Lipinski definition) is 0. The van der Waals surface area contributed by atoms with Gasteiger partial charge in [0.15, 0.2) is 0 Å². The predicted molar refractivity (Wildman–Crippen MR) is 131 cm³/mol. The van der Waals surface area contributed by atoms with Crippen molar-refractivity contribution in [3.8, 4) is 5.75 Å². The molecule has 1 aliphatic heterocycles. The molecular weight excluding hydrogens is 462 g/mol. The molecule has 0 atom stereocenters. The Balaban J connectivity index is 1.54. The highest BCUT2D eigenvalue weighted by Crippen LogP contribution is 2.28. The van der Waals surface area contributed by atoms with Crippen LogP contribution in [0.15, 0.2) is 59.5 Å². The minimum atomic E-state index is -3.86. The van der Waals surface area contributed by atoms with Crippen LogP contribution in [0, 0.1) is 0 Å². The number of sulfonamides is 1. The molecule has 7 nitrogen and oxygen atoms in total. The average Bonchev–Trinajstić information content (AvgIpc) is 2.83. The summed E-state index contributed by atoms with van der Waals surface area (Å²) in [7, 11) is -2.39. The van der Waals surface area contributed by atoms with Crippen LogP contribution >= 0.6 is 11.6 Å². The molecule has 2 aromatic rings. The molecule has 0 unspecified atom stereocenters. The van der Waals surface area contributed by atoms with Gasteiger partial charge >= 0.3 is 0 Å². The van der Waals surface area contributed by atoms with Gasteiger partial charge in [0.2, 0.25) is 15.9 Å². The van der Waals surface area contributed by atoms with Crippen molar-refractivity contribution in [1.29, 1.82) is 0 Å². The third-order valence-electron chi connectivity index (χ3n) is 5.62. The normalized spacial score (nSPS) is 15.3. The number of carbonyl (C=O) groups is 1. The third-order valence-corrected chi connectivity index (χ3v) is 7.84. The lowest BCUT2D eigenvalue weighted by Crippen LogP contribution is -2.51. The van der Waals surface area contributed by atoms with E-state index in [0.29, 0.717) is 18.8 Å². The summed E-state index contributed by atoms with van der Waals surface area (Å²) in [4.78, 5) is 16.9. The van der Waals surface area contributed by atoms with Crippen molar-refractivity contribution in [2.24, 2.45) is 0 Å². The van der Waals surface area contributed by atoms with E-state index in [0.717, 1.165) is 25.2 Å². The van der Waals surface area contributed by atoms with Gasteiger partial charge in [-0.15, -0.1) is 0 Å². The summed E-state index contributed by atoms with van der Waals surface area (Å²) in [5, 5.41) is 0.207. The van der Waals surface area contributed by atoms with Crippen LogP contribution in [0.2, 0.25) is 5.02 Å². The molecule has 3 rings (SSSR count). The van der Waals surface area contributed by atoms with E-state index in [1.165, 1.54) is 29.6 Å². The number of nitrogens with zero attached hydrogens (tertiary/aromatic N) is 3. The van der Waals surface area contributed by atoms with E-state index in [2.05, 4.69) is 29.2 Å². The van der Waals surface area contributed by atoms with Gasteiger partial charge in [-0.25, -0.2) is 8.42 Å². The molecule has 0 saturated carbocycles. The number of piperazine rings is 1. The van der Waals surface area contributed by atoms with Gasteiger partial charge in [-0.3, -0.25) is 9.69 Å². The Hall–Kier alpha value is -2.39. The smallest absolute Gasteiger partial charge is 0.243 e. The van der Waals surface area contributed by atoms with E-state index in [-0.39, 0.29) is 28.9 Å². The fourth-order valence-electron chi connectivity index (χ4n) is 3.66. The van der Waals surface area contributed by atoms with Gasteiger partial charge in [0.05, 0.1) is 23.6 Å². The molecule has 1 aliphatic rings.